The van der Waals surface area contributed by atoms with Crippen molar-refractivity contribution >= 4 is 17.7 Å². The number of thioether (sulfide) groups is 1. The summed E-state index contributed by atoms with van der Waals surface area (Å²) in [6, 6.07) is 1.80. The third-order valence-electron chi connectivity index (χ3n) is 1.73. The molecule has 1 aromatic heterocycles. The maximum Gasteiger partial charge on any atom is 0.316 e. The Labute approximate surface area is 81.1 Å². The van der Waals surface area contributed by atoms with Crippen LogP contribution >= 0.6 is 11.8 Å². The lowest BCUT2D eigenvalue weighted by Gasteiger charge is -2.07. The van der Waals surface area contributed by atoms with E-state index in [4.69, 9.17) is 9.52 Å². The summed E-state index contributed by atoms with van der Waals surface area (Å²) in [5.74, 6) is 0.0119. The minimum Gasteiger partial charge on any atom is -0.480 e. The number of rotatable bonds is 4. The Morgan fingerprint density at radius 3 is 2.85 bits per heavy atom. The molecule has 1 N–H and O–H groups in total. The lowest BCUT2D eigenvalue weighted by molar-refractivity contribution is -0.136. The highest BCUT2D eigenvalue weighted by Gasteiger charge is 2.17. The Bertz CT molecular complexity index is 293. The van der Waals surface area contributed by atoms with E-state index in [0.717, 1.165) is 10.7 Å². The number of carboxylic acids is 1. The summed E-state index contributed by atoms with van der Waals surface area (Å²) in [5.41, 5.74) is 0. The normalized spacial score (nSPS) is 12.8. The molecule has 0 amide bonds. The summed E-state index contributed by atoms with van der Waals surface area (Å²) in [7, 11) is 0. The lowest BCUT2D eigenvalue weighted by atomic mass is 10.3. The van der Waals surface area contributed by atoms with Crippen molar-refractivity contribution in [1.29, 1.82) is 0 Å². The van der Waals surface area contributed by atoms with Crippen molar-refractivity contribution in [2.24, 2.45) is 0 Å². The van der Waals surface area contributed by atoms with Gasteiger partial charge >= 0.3 is 5.97 Å². The van der Waals surface area contributed by atoms with Gasteiger partial charge in [0.15, 0.2) is 0 Å². The van der Waals surface area contributed by atoms with Crippen molar-refractivity contribution in [3.63, 3.8) is 0 Å². The fourth-order valence-electron chi connectivity index (χ4n) is 0.957. The van der Waals surface area contributed by atoms with Crippen LogP contribution in [0.2, 0.25) is 0 Å². The average Bonchev–Trinajstić information content (AvgIpc) is 2.46. The highest BCUT2D eigenvalue weighted by molar-refractivity contribution is 8.00. The van der Waals surface area contributed by atoms with Gasteiger partial charge in [0, 0.05) is 4.90 Å². The van der Waals surface area contributed by atoms with Crippen molar-refractivity contribution in [1.82, 2.24) is 0 Å². The van der Waals surface area contributed by atoms with E-state index in [9.17, 15) is 4.79 Å². The summed E-state index contributed by atoms with van der Waals surface area (Å²) in [6.45, 7) is 3.69. The first-order chi connectivity index (χ1) is 6.15. The fraction of sp³-hybridized carbons (Fsp3) is 0.444. The zero-order valence-corrected chi connectivity index (χ0v) is 8.43. The highest BCUT2D eigenvalue weighted by Crippen LogP contribution is 2.28. The maximum absolute atomic E-state index is 10.7. The van der Waals surface area contributed by atoms with Crippen molar-refractivity contribution in [2.75, 3.05) is 0 Å². The summed E-state index contributed by atoms with van der Waals surface area (Å²) < 4.78 is 5.08. The van der Waals surface area contributed by atoms with Crippen LogP contribution in [0.3, 0.4) is 0 Å². The molecule has 1 rings (SSSR count). The van der Waals surface area contributed by atoms with Gasteiger partial charge < -0.3 is 9.52 Å². The number of aliphatic carboxylic acids is 1. The van der Waals surface area contributed by atoms with Crippen LogP contribution in [0.15, 0.2) is 21.6 Å². The second kappa shape index (κ2) is 4.37. The van der Waals surface area contributed by atoms with Gasteiger partial charge in [-0.1, -0.05) is 6.92 Å². The molecule has 1 heterocycles. The summed E-state index contributed by atoms with van der Waals surface area (Å²) in [4.78, 5) is 11.6. The molecular weight excluding hydrogens is 188 g/mol. The predicted molar refractivity (Wildman–Crippen MR) is 51.0 cm³/mol. The molecule has 13 heavy (non-hydrogen) atoms. The zero-order chi connectivity index (χ0) is 9.84. The average molecular weight is 200 g/mol. The smallest absolute Gasteiger partial charge is 0.316 e. The van der Waals surface area contributed by atoms with Crippen molar-refractivity contribution < 1.29 is 14.3 Å². The summed E-state index contributed by atoms with van der Waals surface area (Å²) >= 11 is 1.34. The molecule has 0 radical (unpaired) electrons. The van der Waals surface area contributed by atoms with Crippen LogP contribution < -0.4 is 0 Å². The third kappa shape index (κ3) is 2.52. The minimum absolute atomic E-state index is 0.378. The first kappa shape index (κ1) is 10.2. The van der Waals surface area contributed by atoms with Gasteiger partial charge in [0.05, 0.1) is 6.26 Å². The van der Waals surface area contributed by atoms with Gasteiger partial charge in [-0.3, -0.25) is 4.79 Å². The maximum atomic E-state index is 10.7. The van der Waals surface area contributed by atoms with E-state index in [-0.39, 0.29) is 5.25 Å². The van der Waals surface area contributed by atoms with Gasteiger partial charge in [-0.05, 0) is 19.4 Å². The fourth-order valence-corrected chi connectivity index (χ4v) is 1.88. The number of hydrogen-bond donors (Lipinski definition) is 1. The van der Waals surface area contributed by atoms with Crippen LogP contribution in [0, 0.1) is 6.92 Å². The largest absolute Gasteiger partial charge is 0.480 e. The van der Waals surface area contributed by atoms with Crippen molar-refractivity contribution in [2.45, 2.75) is 30.4 Å². The Hall–Kier alpha value is -0.900. The number of aryl methyl sites for hydroxylation is 1. The molecule has 0 aliphatic heterocycles. The van der Waals surface area contributed by atoms with Crippen molar-refractivity contribution in [3.8, 4) is 0 Å². The molecule has 0 saturated carbocycles. The molecule has 0 spiro atoms. The summed E-state index contributed by atoms with van der Waals surface area (Å²) in [5, 5.41) is 8.43. The van der Waals surface area contributed by atoms with E-state index in [2.05, 4.69) is 0 Å². The molecule has 1 aromatic rings. The van der Waals surface area contributed by atoms with Crippen molar-refractivity contribution in [3.05, 3.63) is 18.1 Å². The van der Waals surface area contributed by atoms with Crippen LogP contribution in [-0.2, 0) is 4.79 Å². The Kier molecular flexibility index (Phi) is 3.42. The number of hydrogen-bond acceptors (Lipinski definition) is 3. The van der Waals surface area contributed by atoms with Gasteiger partial charge in [-0.25, -0.2) is 0 Å². The zero-order valence-electron chi connectivity index (χ0n) is 7.61. The van der Waals surface area contributed by atoms with Crippen LogP contribution in [0.25, 0.3) is 0 Å². The first-order valence-corrected chi connectivity index (χ1v) is 4.96. The van der Waals surface area contributed by atoms with Gasteiger partial charge in [0.2, 0.25) is 0 Å². The second-order valence-electron chi connectivity index (χ2n) is 2.69. The van der Waals surface area contributed by atoms with E-state index >= 15 is 0 Å². The second-order valence-corrected chi connectivity index (χ2v) is 3.94. The molecule has 0 bridgehead atoms. The molecule has 0 saturated heterocycles. The molecular formula is C9H12O3S. The van der Waals surface area contributed by atoms with Crippen LogP contribution in [0.4, 0.5) is 0 Å². The van der Waals surface area contributed by atoms with Crippen LogP contribution in [-0.4, -0.2) is 16.3 Å². The molecule has 1 unspecified atom stereocenters. The number of carboxylic acid groups (broad SMARTS) is 1. The lowest BCUT2D eigenvalue weighted by Crippen LogP contribution is -2.14. The van der Waals surface area contributed by atoms with Gasteiger partial charge in [0.1, 0.15) is 11.0 Å². The molecule has 4 heteroatoms. The Morgan fingerprint density at radius 1 is 1.77 bits per heavy atom. The Morgan fingerprint density at radius 2 is 2.46 bits per heavy atom. The minimum atomic E-state index is -0.770. The quantitative estimate of drug-likeness (QED) is 0.759. The molecule has 3 nitrogen and oxygen atoms in total. The third-order valence-corrected chi connectivity index (χ3v) is 3.22. The van der Waals surface area contributed by atoms with Gasteiger partial charge in [-0.2, -0.15) is 0 Å². The summed E-state index contributed by atoms with van der Waals surface area (Å²) in [6.07, 6.45) is 2.19. The van der Waals surface area contributed by atoms with Crippen LogP contribution in [0.1, 0.15) is 19.1 Å². The topological polar surface area (TPSA) is 50.4 Å². The van der Waals surface area contributed by atoms with E-state index in [1.54, 1.807) is 12.3 Å². The predicted octanol–water partition coefficient (Wildman–Crippen LogP) is 2.54. The Balaban J connectivity index is 2.67. The van der Waals surface area contributed by atoms with Gasteiger partial charge in [0.25, 0.3) is 0 Å². The van der Waals surface area contributed by atoms with Gasteiger partial charge in [-0.15, -0.1) is 11.8 Å². The monoisotopic (exact) mass is 200 g/mol. The van der Waals surface area contributed by atoms with E-state index in [0.29, 0.717) is 6.42 Å². The molecule has 0 aliphatic carbocycles. The number of furan rings is 1. The standard InChI is InChI=1S/C9H12O3S/c1-3-7(9(10)11)13-8-4-5-12-6(8)2/h4-5,7H,3H2,1-2H3,(H,10,11). The first-order valence-electron chi connectivity index (χ1n) is 4.08. The van der Waals surface area contributed by atoms with Crippen LogP contribution in [0.5, 0.6) is 0 Å². The SMILES string of the molecule is CCC(Sc1ccoc1C)C(=O)O. The van der Waals surface area contributed by atoms with E-state index in [1.807, 2.05) is 13.8 Å². The molecule has 0 aromatic carbocycles. The van der Waals surface area contributed by atoms with E-state index in [1.165, 1.54) is 11.8 Å². The molecule has 0 fully saturated rings. The van der Waals surface area contributed by atoms with E-state index < -0.39 is 5.97 Å². The molecule has 1 atom stereocenters. The molecule has 0 aliphatic rings. The highest BCUT2D eigenvalue weighted by atomic mass is 32.2. The molecule has 72 valence electrons. The number of carbonyl (C=O) groups is 1.